The fourth-order valence-electron chi connectivity index (χ4n) is 3.01. The van der Waals surface area contributed by atoms with Crippen molar-refractivity contribution in [3.05, 3.63) is 65.4 Å². The maximum absolute atomic E-state index is 5.94. The van der Waals surface area contributed by atoms with Crippen molar-refractivity contribution >= 4 is 34.4 Å². The van der Waals surface area contributed by atoms with Crippen LogP contribution >= 0.6 is 12.2 Å². The molecule has 5 nitrogen and oxygen atoms in total. The topological polar surface area (TPSA) is 64.6 Å². The van der Waals surface area contributed by atoms with Gasteiger partial charge in [0.25, 0.3) is 0 Å². The average Bonchev–Trinajstić information content (AvgIpc) is 2.92. The molecule has 0 aliphatic carbocycles. The summed E-state index contributed by atoms with van der Waals surface area (Å²) in [6.07, 6.45) is 3.78. The molecule has 0 saturated carbocycles. The van der Waals surface area contributed by atoms with E-state index in [1.165, 1.54) is 11.1 Å². The van der Waals surface area contributed by atoms with Crippen molar-refractivity contribution in [2.24, 2.45) is 10.8 Å². The molecule has 1 heterocycles. The lowest BCUT2D eigenvalue weighted by Crippen LogP contribution is -2.23. The Morgan fingerprint density at radius 1 is 1.23 bits per heavy atom. The third kappa shape index (κ3) is 4.40. The van der Waals surface area contributed by atoms with E-state index in [9.17, 15) is 0 Å². The summed E-state index contributed by atoms with van der Waals surface area (Å²) in [5, 5.41) is 5.33. The molecule has 0 saturated heterocycles. The summed E-state index contributed by atoms with van der Waals surface area (Å²) in [7, 11) is 0. The van der Waals surface area contributed by atoms with Gasteiger partial charge in [0.15, 0.2) is 5.11 Å². The highest BCUT2D eigenvalue weighted by Crippen LogP contribution is 2.21. The van der Waals surface area contributed by atoms with Crippen molar-refractivity contribution in [3.63, 3.8) is 0 Å². The van der Waals surface area contributed by atoms with Crippen LogP contribution in [0, 0.1) is 13.8 Å². The predicted molar refractivity (Wildman–Crippen MR) is 111 cm³/mol. The molecule has 0 amide bonds. The van der Waals surface area contributed by atoms with Crippen LogP contribution in [0.4, 0.5) is 0 Å². The van der Waals surface area contributed by atoms with Crippen LogP contribution in [0.2, 0.25) is 0 Å². The fraction of sp³-hybridized carbons (Fsp3) is 0.200. The molecule has 3 N–H and O–H groups in total. The second-order valence-electron chi connectivity index (χ2n) is 6.20. The monoisotopic (exact) mass is 366 g/mol. The maximum Gasteiger partial charge on any atom is 0.184 e. The number of aryl methyl sites for hydroxylation is 2. The Labute approximate surface area is 158 Å². The minimum absolute atomic E-state index is 0.145. The number of hydrogen-bond acceptors (Lipinski definition) is 3. The molecular weight excluding hydrogens is 344 g/mol. The maximum atomic E-state index is 5.94. The molecule has 3 aromatic rings. The molecule has 26 heavy (non-hydrogen) atoms. The Hall–Kier alpha value is -2.86. The minimum Gasteiger partial charge on any atom is -0.492 e. The Bertz CT molecular complexity index is 941. The van der Waals surface area contributed by atoms with E-state index in [0.717, 1.165) is 28.8 Å². The molecule has 0 aliphatic rings. The Balaban J connectivity index is 1.75. The summed E-state index contributed by atoms with van der Waals surface area (Å²) in [6.45, 7) is 5.48. The molecule has 0 atom stereocenters. The van der Waals surface area contributed by atoms with Gasteiger partial charge in [-0.05, 0) is 55.4 Å². The van der Waals surface area contributed by atoms with Crippen LogP contribution in [0.25, 0.3) is 10.9 Å². The number of nitrogens with two attached hydrogens (primary N) is 1. The first kappa shape index (κ1) is 17.9. The van der Waals surface area contributed by atoms with E-state index < -0.39 is 0 Å². The van der Waals surface area contributed by atoms with Gasteiger partial charge in [0.1, 0.15) is 12.4 Å². The van der Waals surface area contributed by atoms with Gasteiger partial charge in [0.2, 0.25) is 0 Å². The average molecular weight is 366 g/mol. The summed E-state index contributed by atoms with van der Waals surface area (Å²) in [5.41, 5.74) is 12.5. The molecule has 0 bridgehead atoms. The first-order valence-corrected chi connectivity index (χ1v) is 8.81. The fourth-order valence-corrected chi connectivity index (χ4v) is 3.06. The van der Waals surface area contributed by atoms with Crippen LogP contribution in [0.5, 0.6) is 5.75 Å². The van der Waals surface area contributed by atoms with Gasteiger partial charge in [0, 0.05) is 22.7 Å². The van der Waals surface area contributed by atoms with Gasteiger partial charge in [-0.1, -0.05) is 24.3 Å². The van der Waals surface area contributed by atoms with Crippen molar-refractivity contribution in [3.8, 4) is 5.75 Å². The number of para-hydroxylation sites is 1. The van der Waals surface area contributed by atoms with Gasteiger partial charge < -0.3 is 15.0 Å². The molecule has 0 radical (unpaired) electrons. The van der Waals surface area contributed by atoms with Crippen molar-refractivity contribution in [1.82, 2.24) is 9.99 Å². The van der Waals surface area contributed by atoms with Gasteiger partial charge >= 0.3 is 0 Å². The summed E-state index contributed by atoms with van der Waals surface area (Å²) in [6, 6.07) is 14.4. The SMILES string of the molecule is Cc1cc(C)cc(OCCn2cc(C=NNC(N)=S)c3ccccc32)c1. The molecule has 134 valence electrons. The molecule has 6 heteroatoms. The van der Waals surface area contributed by atoms with Crippen molar-refractivity contribution in [1.29, 1.82) is 0 Å². The number of benzene rings is 2. The molecular formula is C20H22N4OS. The van der Waals surface area contributed by atoms with Gasteiger partial charge in [-0.25, -0.2) is 0 Å². The summed E-state index contributed by atoms with van der Waals surface area (Å²) in [4.78, 5) is 0. The van der Waals surface area contributed by atoms with Crippen molar-refractivity contribution in [2.75, 3.05) is 6.61 Å². The second kappa shape index (κ2) is 8.01. The lowest BCUT2D eigenvalue weighted by atomic mass is 10.1. The normalized spacial score (nSPS) is 11.2. The first-order valence-electron chi connectivity index (χ1n) is 8.40. The summed E-state index contributed by atoms with van der Waals surface area (Å²) >= 11 is 4.77. The number of rotatable bonds is 6. The number of thiocarbonyl (C=S) groups is 1. The second-order valence-corrected chi connectivity index (χ2v) is 6.64. The van der Waals surface area contributed by atoms with Crippen LogP contribution in [-0.4, -0.2) is 22.5 Å². The third-order valence-corrected chi connectivity index (χ3v) is 4.09. The van der Waals surface area contributed by atoms with E-state index >= 15 is 0 Å². The summed E-state index contributed by atoms with van der Waals surface area (Å²) < 4.78 is 8.11. The Morgan fingerprint density at radius 3 is 2.69 bits per heavy atom. The van der Waals surface area contributed by atoms with Crippen LogP contribution < -0.4 is 15.9 Å². The highest BCUT2D eigenvalue weighted by Gasteiger charge is 2.07. The largest absolute Gasteiger partial charge is 0.492 e. The molecule has 0 unspecified atom stereocenters. The van der Waals surface area contributed by atoms with E-state index in [1.807, 2.05) is 12.1 Å². The van der Waals surface area contributed by atoms with Gasteiger partial charge in [-0.2, -0.15) is 5.10 Å². The molecule has 2 aromatic carbocycles. The lowest BCUT2D eigenvalue weighted by molar-refractivity contribution is 0.300. The number of fused-ring (bicyclic) bond motifs is 1. The van der Waals surface area contributed by atoms with Crippen LogP contribution in [0.15, 0.2) is 53.8 Å². The van der Waals surface area contributed by atoms with Crippen LogP contribution in [-0.2, 0) is 6.54 Å². The number of hydrogen-bond donors (Lipinski definition) is 2. The molecule has 0 fully saturated rings. The van der Waals surface area contributed by atoms with Gasteiger partial charge in [0.05, 0.1) is 12.8 Å². The molecule has 1 aromatic heterocycles. The zero-order valence-corrected chi connectivity index (χ0v) is 15.7. The predicted octanol–water partition coefficient (Wildman–Crippen LogP) is 3.50. The number of nitrogens with zero attached hydrogens (tertiary/aromatic N) is 2. The van der Waals surface area contributed by atoms with E-state index in [2.05, 4.69) is 65.5 Å². The van der Waals surface area contributed by atoms with E-state index in [-0.39, 0.29) is 5.11 Å². The number of aromatic nitrogens is 1. The smallest absolute Gasteiger partial charge is 0.184 e. The lowest BCUT2D eigenvalue weighted by Gasteiger charge is -2.10. The highest BCUT2D eigenvalue weighted by atomic mass is 32.1. The zero-order valence-electron chi connectivity index (χ0n) is 14.9. The molecule has 3 rings (SSSR count). The van der Waals surface area contributed by atoms with E-state index in [4.69, 9.17) is 22.7 Å². The number of ether oxygens (including phenoxy) is 1. The van der Waals surface area contributed by atoms with Gasteiger partial charge in [-0.15, -0.1) is 0 Å². The highest BCUT2D eigenvalue weighted by molar-refractivity contribution is 7.80. The van der Waals surface area contributed by atoms with Crippen LogP contribution in [0.1, 0.15) is 16.7 Å². The Morgan fingerprint density at radius 2 is 1.96 bits per heavy atom. The standard InChI is InChI=1S/C20H22N4OS/c1-14-9-15(2)11-17(10-14)25-8-7-24-13-16(12-22-23-20(21)26)18-5-3-4-6-19(18)24/h3-6,9-13H,7-8H2,1-2H3,(H3,21,23,26). The quantitative estimate of drug-likeness (QED) is 0.398. The number of hydrazone groups is 1. The summed E-state index contributed by atoms with van der Waals surface area (Å²) in [5.74, 6) is 0.904. The van der Waals surface area contributed by atoms with Crippen molar-refractivity contribution in [2.45, 2.75) is 20.4 Å². The van der Waals surface area contributed by atoms with E-state index in [1.54, 1.807) is 6.21 Å². The van der Waals surface area contributed by atoms with Gasteiger partial charge in [-0.3, -0.25) is 5.43 Å². The molecule has 0 aliphatic heterocycles. The first-order chi connectivity index (χ1) is 12.5. The minimum atomic E-state index is 0.145. The third-order valence-electron chi connectivity index (χ3n) is 3.99. The molecule has 0 spiro atoms. The Kier molecular flexibility index (Phi) is 5.53. The zero-order chi connectivity index (χ0) is 18.5. The van der Waals surface area contributed by atoms with E-state index in [0.29, 0.717) is 6.61 Å². The number of nitrogens with one attached hydrogen (secondary N) is 1. The van der Waals surface area contributed by atoms with Crippen LogP contribution in [0.3, 0.4) is 0 Å². The van der Waals surface area contributed by atoms with Crippen molar-refractivity contribution < 1.29 is 4.74 Å².